The van der Waals surface area contributed by atoms with Gasteiger partial charge in [-0.25, -0.2) is 9.97 Å². The fraction of sp³-hybridized carbons (Fsp3) is 0.261. The highest BCUT2D eigenvalue weighted by atomic mass is 16.2. The van der Waals surface area contributed by atoms with Gasteiger partial charge in [0.05, 0.1) is 11.9 Å². The Hall–Kier alpha value is -3.41. The van der Waals surface area contributed by atoms with E-state index < -0.39 is 0 Å². The number of aryl methyl sites for hydroxylation is 1. The highest BCUT2D eigenvalue weighted by Gasteiger charge is 2.23. The van der Waals surface area contributed by atoms with Gasteiger partial charge in [-0.1, -0.05) is 25.1 Å². The van der Waals surface area contributed by atoms with E-state index in [4.69, 9.17) is 0 Å². The number of nitrogens with one attached hydrogen (secondary N) is 1. The molecule has 0 spiro atoms. The maximum absolute atomic E-state index is 12.8. The SMILES string of the molecule is CCc1ccc(Nc2ccc(C(=O)N3CCN(c4ccccn4)CC3)nc2)cc1. The molecule has 1 amide bonds. The molecule has 0 radical (unpaired) electrons. The third kappa shape index (κ3) is 4.54. The van der Waals surface area contributed by atoms with Gasteiger partial charge in [-0.15, -0.1) is 0 Å². The van der Waals surface area contributed by atoms with Crippen LogP contribution in [0.2, 0.25) is 0 Å². The van der Waals surface area contributed by atoms with Gasteiger partial charge in [0.15, 0.2) is 0 Å². The number of hydrogen-bond acceptors (Lipinski definition) is 5. The van der Waals surface area contributed by atoms with Crippen molar-refractivity contribution in [3.05, 3.63) is 78.2 Å². The normalized spacial score (nSPS) is 14.0. The van der Waals surface area contributed by atoms with E-state index in [0.29, 0.717) is 18.8 Å². The van der Waals surface area contributed by atoms with Gasteiger partial charge in [0.1, 0.15) is 11.5 Å². The lowest BCUT2D eigenvalue weighted by Crippen LogP contribution is -2.49. The molecule has 0 unspecified atom stereocenters. The van der Waals surface area contributed by atoms with Crippen molar-refractivity contribution in [2.75, 3.05) is 36.4 Å². The summed E-state index contributed by atoms with van der Waals surface area (Å²) < 4.78 is 0. The van der Waals surface area contributed by atoms with Crippen molar-refractivity contribution in [2.24, 2.45) is 0 Å². The average Bonchev–Trinajstić information content (AvgIpc) is 2.80. The summed E-state index contributed by atoms with van der Waals surface area (Å²) in [6.07, 6.45) is 4.53. The molecule has 2 aromatic heterocycles. The maximum atomic E-state index is 12.8. The predicted octanol–water partition coefficient (Wildman–Crippen LogP) is 3.75. The lowest BCUT2D eigenvalue weighted by Gasteiger charge is -2.35. The van der Waals surface area contributed by atoms with Crippen LogP contribution in [0.25, 0.3) is 0 Å². The molecule has 148 valence electrons. The van der Waals surface area contributed by atoms with E-state index in [0.717, 1.165) is 36.7 Å². The number of pyridine rings is 2. The van der Waals surface area contributed by atoms with E-state index in [1.54, 1.807) is 18.5 Å². The zero-order valence-corrected chi connectivity index (χ0v) is 16.6. The zero-order chi connectivity index (χ0) is 20.1. The summed E-state index contributed by atoms with van der Waals surface area (Å²) in [6, 6.07) is 17.9. The molecule has 0 aliphatic carbocycles. The standard InChI is InChI=1S/C23H25N5O/c1-2-18-6-8-19(9-7-18)26-20-10-11-21(25-17-20)23(29)28-15-13-27(14-16-28)22-5-3-4-12-24-22/h3-12,17,26H,2,13-16H2,1H3. The number of carbonyl (C=O) groups is 1. The number of piperazine rings is 1. The van der Waals surface area contributed by atoms with E-state index in [9.17, 15) is 4.79 Å². The monoisotopic (exact) mass is 387 g/mol. The Morgan fingerprint density at radius 2 is 1.69 bits per heavy atom. The molecular formula is C23H25N5O. The molecule has 1 fully saturated rings. The molecule has 1 N–H and O–H groups in total. The van der Waals surface area contributed by atoms with E-state index >= 15 is 0 Å². The van der Waals surface area contributed by atoms with Gasteiger partial charge in [-0.05, 0) is 48.4 Å². The van der Waals surface area contributed by atoms with Crippen LogP contribution in [-0.4, -0.2) is 47.0 Å². The Kier molecular flexibility index (Phi) is 5.70. The number of amides is 1. The quantitative estimate of drug-likeness (QED) is 0.723. The zero-order valence-electron chi connectivity index (χ0n) is 16.6. The molecular weight excluding hydrogens is 362 g/mol. The highest BCUT2D eigenvalue weighted by molar-refractivity contribution is 5.92. The molecule has 3 heterocycles. The lowest BCUT2D eigenvalue weighted by atomic mass is 10.1. The first-order valence-corrected chi connectivity index (χ1v) is 10.00. The molecule has 1 aliphatic heterocycles. The molecule has 3 aromatic rings. The number of benzene rings is 1. The van der Waals surface area contributed by atoms with Crippen LogP contribution in [0, 0.1) is 0 Å². The molecule has 0 atom stereocenters. The van der Waals surface area contributed by atoms with E-state index in [-0.39, 0.29) is 5.91 Å². The van der Waals surface area contributed by atoms with Crippen LogP contribution < -0.4 is 10.2 Å². The predicted molar refractivity (Wildman–Crippen MR) is 116 cm³/mol. The first kappa shape index (κ1) is 18.9. The number of rotatable bonds is 5. The second kappa shape index (κ2) is 8.73. The Morgan fingerprint density at radius 1 is 0.931 bits per heavy atom. The number of anilines is 3. The van der Waals surface area contributed by atoms with Gasteiger partial charge in [-0.2, -0.15) is 0 Å². The van der Waals surface area contributed by atoms with Crippen molar-refractivity contribution in [2.45, 2.75) is 13.3 Å². The summed E-state index contributed by atoms with van der Waals surface area (Å²) in [5, 5.41) is 3.32. The van der Waals surface area contributed by atoms with E-state index in [2.05, 4.69) is 51.4 Å². The Balaban J connectivity index is 1.34. The summed E-state index contributed by atoms with van der Waals surface area (Å²) in [6.45, 7) is 5.02. The smallest absolute Gasteiger partial charge is 0.272 e. The third-order valence-electron chi connectivity index (χ3n) is 5.17. The van der Waals surface area contributed by atoms with Crippen molar-refractivity contribution in [3.8, 4) is 0 Å². The topological polar surface area (TPSA) is 61.4 Å². The van der Waals surface area contributed by atoms with Crippen LogP contribution >= 0.6 is 0 Å². The minimum Gasteiger partial charge on any atom is -0.354 e. The molecule has 6 nitrogen and oxygen atoms in total. The van der Waals surface area contributed by atoms with Crippen molar-refractivity contribution >= 4 is 23.1 Å². The molecule has 0 bridgehead atoms. The Bertz CT molecular complexity index is 933. The number of hydrogen-bond donors (Lipinski definition) is 1. The van der Waals surface area contributed by atoms with Crippen LogP contribution in [0.3, 0.4) is 0 Å². The first-order chi connectivity index (χ1) is 14.2. The summed E-state index contributed by atoms with van der Waals surface area (Å²) in [7, 11) is 0. The van der Waals surface area contributed by atoms with Crippen molar-refractivity contribution in [1.82, 2.24) is 14.9 Å². The van der Waals surface area contributed by atoms with Gasteiger partial charge in [-0.3, -0.25) is 4.79 Å². The van der Waals surface area contributed by atoms with E-state index in [1.165, 1.54) is 5.56 Å². The second-order valence-corrected chi connectivity index (χ2v) is 7.07. The number of carbonyl (C=O) groups excluding carboxylic acids is 1. The van der Waals surface area contributed by atoms with Crippen molar-refractivity contribution < 1.29 is 4.79 Å². The minimum atomic E-state index is -0.0236. The van der Waals surface area contributed by atoms with Crippen LogP contribution in [0.1, 0.15) is 23.0 Å². The van der Waals surface area contributed by atoms with E-state index in [1.807, 2.05) is 29.2 Å². The third-order valence-corrected chi connectivity index (χ3v) is 5.17. The molecule has 1 saturated heterocycles. The number of nitrogens with zero attached hydrogens (tertiary/aromatic N) is 4. The molecule has 4 rings (SSSR count). The van der Waals surface area contributed by atoms with Crippen molar-refractivity contribution in [1.29, 1.82) is 0 Å². The minimum absolute atomic E-state index is 0.0236. The molecule has 1 aliphatic rings. The average molecular weight is 387 g/mol. The second-order valence-electron chi connectivity index (χ2n) is 7.07. The van der Waals surface area contributed by atoms with Crippen LogP contribution in [0.5, 0.6) is 0 Å². The first-order valence-electron chi connectivity index (χ1n) is 10.00. The maximum Gasteiger partial charge on any atom is 0.272 e. The highest BCUT2D eigenvalue weighted by Crippen LogP contribution is 2.18. The molecule has 1 aromatic carbocycles. The van der Waals surface area contributed by atoms with Gasteiger partial charge in [0, 0.05) is 38.1 Å². The fourth-order valence-corrected chi connectivity index (χ4v) is 3.43. The van der Waals surface area contributed by atoms with Crippen LogP contribution in [-0.2, 0) is 6.42 Å². The summed E-state index contributed by atoms with van der Waals surface area (Å²) >= 11 is 0. The molecule has 29 heavy (non-hydrogen) atoms. The van der Waals surface area contributed by atoms with Gasteiger partial charge in [0.25, 0.3) is 5.91 Å². The summed E-state index contributed by atoms with van der Waals surface area (Å²) in [5.41, 5.74) is 3.65. The summed E-state index contributed by atoms with van der Waals surface area (Å²) in [5.74, 6) is 0.935. The van der Waals surface area contributed by atoms with Crippen LogP contribution in [0.4, 0.5) is 17.2 Å². The largest absolute Gasteiger partial charge is 0.354 e. The summed E-state index contributed by atoms with van der Waals surface area (Å²) in [4.78, 5) is 25.6. The van der Waals surface area contributed by atoms with Crippen molar-refractivity contribution in [3.63, 3.8) is 0 Å². The Labute approximate surface area is 171 Å². The van der Waals surface area contributed by atoms with Gasteiger partial charge < -0.3 is 15.1 Å². The number of aromatic nitrogens is 2. The Morgan fingerprint density at radius 3 is 2.31 bits per heavy atom. The molecule has 6 heteroatoms. The van der Waals surface area contributed by atoms with Crippen LogP contribution in [0.15, 0.2) is 67.0 Å². The fourth-order valence-electron chi connectivity index (χ4n) is 3.43. The lowest BCUT2D eigenvalue weighted by molar-refractivity contribution is 0.0740. The molecule has 0 saturated carbocycles. The van der Waals surface area contributed by atoms with Gasteiger partial charge in [0.2, 0.25) is 0 Å². The van der Waals surface area contributed by atoms with Gasteiger partial charge >= 0.3 is 0 Å².